The molecule has 3 aromatic rings. The van der Waals surface area contributed by atoms with Crippen molar-refractivity contribution < 1.29 is 14.3 Å². The van der Waals surface area contributed by atoms with Crippen LogP contribution in [0.2, 0.25) is 0 Å². The van der Waals surface area contributed by atoms with Gasteiger partial charge in [-0.25, -0.2) is 9.50 Å². The van der Waals surface area contributed by atoms with Gasteiger partial charge in [-0.15, -0.1) is 0 Å². The summed E-state index contributed by atoms with van der Waals surface area (Å²) < 4.78 is 13.1. The van der Waals surface area contributed by atoms with Gasteiger partial charge in [0, 0.05) is 38.2 Å². The van der Waals surface area contributed by atoms with Crippen LogP contribution in [0.1, 0.15) is 28.9 Å². The summed E-state index contributed by atoms with van der Waals surface area (Å²) in [6.07, 6.45) is 4.95. The van der Waals surface area contributed by atoms with E-state index in [1.54, 1.807) is 24.0 Å². The third kappa shape index (κ3) is 3.32. The second kappa shape index (κ2) is 7.26. The smallest absolute Gasteiger partial charge is 0.257 e. The number of aromatic nitrogens is 3. The van der Waals surface area contributed by atoms with Crippen molar-refractivity contribution in [3.05, 3.63) is 54.0 Å². The molecule has 4 rings (SSSR count). The van der Waals surface area contributed by atoms with E-state index in [0.29, 0.717) is 18.7 Å². The molecule has 1 aliphatic rings. The van der Waals surface area contributed by atoms with Crippen molar-refractivity contribution >= 4 is 11.6 Å². The molecule has 0 N–H and O–H groups in total. The number of piperidine rings is 1. The molecule has 1 aromatic carbocycles. The summed E-state index contributed by atoms with van der Waals surface area (Å²) in [7, 11) is 1.64. The molecule has 140 valence electrons. The number of para-hydroxylation sites is 2. The third-order valence-corrected chi connectivity index (χ3v) is 4.98. The lowest BCUT2D eigenvalue weighted by Gasteiger charge is -2.32. The Hall–Kier alpha value is -3.09. The number of hydrogen-bond donors (Lipinski definition) is 0. The average molecular weight is 366 g/mol. The average Bonchev–Trinajstić information content (AvgIpc) is 3.19. The van der Waals surface area contributed by atoms with Gasteiger partial charge >= 0.3 is 0 Å². The van der Waals surface area contributed by atoms with Crippen molar-refractivity contribution in [3.63, 3.8) is 0 Å². The van der Waals surface area contributed by atoms with E-state index in [1.165, 1.54) is 0 Å². The second-order valence-corrected chi connectivity index (χ2v) is 6.62. The first-order valence-electron chi connectivity index (χ1n) is 9.05. The molecular weight excluding hydrogens is 344 g/mol. The molecule has 3 heterocycles. The Morgan fingerprint density at radius 1 is 1.15 bits per heavy atom. The van der Waals surface area contributed by atoms with E-state index in [2.05, 4.69) is 10.1 Å². The summed E-state index contributed by atoms with van der Waals surface area (Å²) in [6, 6.07) is 9.46. The Labute approximate surface area is 157 Å². The quantitative estimate of drug-likeness (QED) is 0.710. The van der Waals surface area contributed by atoms with E-state index in [-0.39, 0.29) is 12.0 Å². The van der Waals surface area contributed by atoms with Crippen LogP contribution in [0.3, 0.4) is 0 Å². The van der Waals surface area contributed by atoms with Crippen LogP contribution >= 0.6 is 0 Å². The van der Waals surface area contributed by atoms with Crippen LogP contribution in [0.25, 0.3) is 5.65 Å². The molecule has 7 nitrogen and oxygen atoms in total. The molecule has 1 saturated heterocycles. The molecule has 0 atom stereocenters. The highest BCUT2D eigenvalue weighted by Crippen LogP contribution is 2.29. The molecule has 7 heteroatoms. The summed E-state index contributed by atoms with van der Waals surface area (Å²) in [5.74, 6) is 1.47. The van der Waals surface area contributed by atoms with Crippen LogP contribution in [-0.2, 0) is 0 Å². The third-order valence-electron chi connectivity index (χ3n) is 4.98. The van der Waals surface area contributed by atoms with Gasteiger partial charge in [0.2, 0.25) is 0 Å². The van der Waals surface area contributed by atoms with Crippen LogP contribution < -0.4 is 9.47 Å². The Bertz CT molecular complexity index is 961. The maximum atomic E-state index is 12.9. The fourth-order valence-electron chi connectivity index (χ4n) is 3.44. The highest BCUT2D eigenvalue weighted by molar-refractivity contribution is 5.95. The minimum atomic E-state index is -0.00635. The zero-order chi connectivity index (χ0) is 18.8. The van der Waals surface area contributed by atoms with Crippen molar-refractivity contribution in [3.8, 4) is 11.5 Å². The van der Waals surface area contributed by atoms with E-state index in [9.17, 15) is 4.79 Å². The standard InChI is InChI=1S/C20H22N4O3/c1-14-16(13-21-19-7-10-22-24(14)19)20(25)23-11-8-15(9-12-23)27-18-6-4-3-5-17(18)26-2/h3-7,10,13,15H,8-9,11-12H2,1-2H3. The van der Waals surface area contributed by atoms with Gasteiger partial charge < -0.3 is 14.4 Å². The zero-order valence-corrected chi connectivity index (χ0v) is 15.5. The molecule has 0 radical (unpaired) electrons. The van der Waals surface area contributed by atoms with E-state index >= 15 is 0 Å². The Balaban J connectivity index is 1.42. The molecule has 27 heavy (non-hydrogen) atoms. The monoisotopic (exact) mass is 366 g/mol. The summed E-state index contributed by atoms with van der Waals surface area (Å²) in [5.41, 5.74) is 2.14. The van der Waals surface area contributed by atoms with Gasteiger partial charge in [-0.3, -0.25) is 4.79 Å². The van der Waals surface area contributed by atoms with Gasteiger partial charge in [0.1, 0.15) is 6.10 Å². The maximum absolute atomic E-state index is 12.9. The Morgan fingerprint density at radius 2 is 1.89 bits per heavy atom. The van der Waals surface area contributed by atoms with Gasteiger partial charge in [0.15, 0.2) is 17.1 Å². The molecule has 0 spiro atoms. The van der Waals surface area contributed by atoms with E-state index in [4.69, 9.17) is 9.47 Å². The SMILES string of the molecule is COc1ccccc1OC1CCN(C(=O)c2cnc3ccnn3c2C)CC1. The molecule has 0 aliphatic carbocycles. The van der Waals surface area contributed by atoms with Crippen LogP contribution in [0.15, 0.2) is 42.7 Å². The first-order chi connectivity index (χ1) is 13.2. The number of likely N-dealkylation sites (tertiary alicyclic amines) is 1. The highest BCUT2D eigenvalue weighted by atomic mass is 16.5. The first kappa shape index (κ1) is 17.3. The summed E-state index contributed by atoms with van der Waals surface area (Å²) in [6.45, 7) is 3.19. The van der Waals surface area contributed by atoms with Gasteiger partial charge in [-0.2, -0.15) is 5.10 Å². The van der Waals surface area contributed by atoms with E-state index in [1.807, 2.05) is 42.2 Å². The van der Waals surface area contributed by atoms with Gasteiger partial charge in [-0.1, -0.05) is 12.1 Å². The number of benzene rings is 1. The van der Waals surface area contributed by atoms with Crippen molar-refractivity contribution in [2.75, 3.05) is 20.2 Å². The molecule has 1 fully saturated rings. The number of amides is 1. The van der Waals surface area contributed by atoms with E-state index in [0.717, 1.165) is 35.7 Å². The lowest BCUT2D eigenvalue weighted by Crippen LogP contribution is -2.42. The van der Waals surface area contributed by atoms with Crippen LogP contribution in [0, 0.1) is 6.92 Å². The Morgan fingerprint density at radius 3 is 2.63 bits per heavy atom. The molecule has 1 aliphatic heterocycles. The lowest BCUT2D eigenvalue weighted by molar-refractivity contribution is 0.0589. The van der Waals surface area contributed by atoms with Crippen molar-refractivity contribution in [1.29, 1.82) is 0 Å². The number of aryl methyl sites for hydroxylation is 1. The fraction of sp³-hybridized carbons (Fsp3) is 0.350. The van der Waals surface area contributed by atoms with Gasteiger partial charge in [-0.05, 0) is 19.1 Å². The summed E-state index contributed by atoms with van der Waals surface area (Å²) >= 11 is 0. The molecule has 0 unspecified atom stereocenters. The number of carbonyl (C=O) groups excluding carboxylic acids is 1. The topological polar surface area (TPSA) is 69.0 Å². The normalized spacial score (nSPS) is 15.1. The second-order valence-electron chi connectivity index (χ2n) is 6.62. The number of rotatable bonds is 4. The zero-order valence-electron chi connectivity index (χ0n) is 15.5. The maximum Gasteiger partial charge on any atom is 0.257 e. The van der Waals surface area contributed by atoms with E-state index < -0.39 is 0 Å². The number of methoxy groups -OCH3 is 1. The minimum absolute atomic E-state index is 0.00635. The summed E-state index contributed by atoms with van der Waals surface area (Å²) in [4.78, 5) is 19.1. The number of ether oxygens (including phenoxy) is 2. The van der Waals surface area contributed by atoms with Crippen molar-refractivity contribution in [1.82, 2.24) is 19.5 Å². The number of carbonyl (C=O) groups is 1. The predicted octanol–water partition coefficient (Wildman–Crippen LogP) is 2.73. The fourth-order valence-corrected chi connectivity index (χ4v) is 3.44. The van der Waals surface area contributed by atoms with Crippen molar-refractivity contribution in [2.45, 2.75) is 25.9 Å². The van der Waals surface area contributed by atoms with Crippen LogP contribution in [-0.4, -0.2) is 51.7 Å². The van der Waals surface area contributed by atoms with Crippen molar-refractivity contribution in [2.24, 2.45) is 0 Å². The molecule has 0 bridgehead atoms. The minimum Gasteiger partial charge on any atom is -0.493 e. The lowest BCUT2D eigenvalue weighted by atomic mass is 10.1. The largest absolute Gasteiger partial charge is 0.493 e. The van der Waals surface area contributed by atoms with Gasteiger partial charge in [0.05, 0.1) is 24.6 Å². The Kier molecular flexibility index (Phi) is 4.66. The molecule has 1 amide bonds. The first-order valence-corrected chi connectivity index (χ1v) is 9.05. The van der Waals surface area contributed by atoms with Crippen LogP contribution in [0.5, 0.6) is 11.5 Å². The number of hydrogen-bond acceptors (Lipinski definition) is 5. The molecular formula is C20H22N4O3. The number of fused-ring (bicyclic) bond motifs is 1. The molecule has 0 saturated carbocycles. The summed E-state index contributed by atoms with van der Waals surface area (Å²) in [5, 5.41) is 4.23. The highest BCUT2D eigenvalue weighted by Gasteiger charge is 2.27. The van der Waals surface area contributed by atoms with Crippen LogP contribution in [0.4, 0.5) is 0 Å². The molecule has 2 aromatic heterocycles. The predicted molar refractivity (Wildman–Crippen MR) is 100 cm³/mol. The number of nitrogens with zero attached hydrogens (tertiary/aromatic N) is 4. The van der Waals surface area contributed by atoms with Gasteiger partial charge in [0.25, 0.3) is 5.91 Å².